The van der Waals surface area contributed by atoms with Gasteiger partial charge in [0.05, 0.1) is 6.04 Å². The number of hydrogen-bond acceptors (Lipinski definition) is 2. The van der Waals surface area contributed by atoms with Crippen LogP contribution in [0.25, 0.3) is 0 Å². The highest BCUT2D eigenvalue weighted by Gasteiger charge is 2.14. The maximum absolute atomic E-state index is 13.4. The molecule has 0 saturated carbocycles. The Bertz CT molecular complexity index is 407. The number of rotatable bonds is 4. The average Bonchev–Trinajstić information content (AvgIpc) is 2.15. The largest absolute Gasteiger partial charge is 0.349 e. The highest BCUT2D eigenvalue weighted by molar-refractivity contribution is 5.76. The molecule has 1 aromatic carbocycles. The standard InChI is InChI=1S/C12H16F2N2O/c1-7(15)5-12(17)16-8(2)10-4-3-9(13)6-11(10)14/h3-4,6-8H,5,15H2,1-2H3,(H,16,17). The fourth-order valence-electron chi connectivity index (χ4n) is 1.52. The fraction of sp³-hybridized carbons (Fsp3) is 0.417. The number of benzene rings is 1. The van der Waals surface area contributed by atoms with Crippen LogP contribution in [-0.2, 0) is 4.79 Å². The Labute approximate surface area is 99.0 Å². The molecule has 0 spiro atoms. The highest BCUT2D eigenvalue weighted by Crippen LogP contribution is 2.17. The van der Waals surface area contributed by atoms with Crippen molar-refractivity contribution in [1.29, 1.82) is 0 Å². The Hall–Kier alpha value is -1.49. The smallest absolute Gasteiger partial charge is 0.222 e. The van der Waals surface area contributed by atoms with E-state index in [0.29, 0.717) is 0 Å². The first-order valence-electron chi connectivity index (χ1n) is 5.40. The third-order valence-corrected chi connectivity index (χ3v) is 2.31. The SMILES string of the molecule is CC(N)CC(=O)NC(C)c1ccc(F)cc1F. The van der Waals surface area contributed by atoms with Crippen LogP contribution in [0.4, 0.5) is 8.78 Å². The van der Waals surface area contributed by atoms with Crippen LogP contribution in [0.3, 0.4) is 0 Å². The van der Waals surface area contributed by atoms with Gasteiger partial charge in [-0.3, -0.25) is 4.79 Å². The van der Waals surface area contributed by atoms with Gasteiger partial charge in [-0.05, 0) is 19.9 Å². The summed E-state index contributed by atoms with van der Waals surface area (Å²) in [6.07, 6.45) is 0.174. The first kappa shape index (κ1) is 13.6. The summed E-state index contributed by atoms with van der Waals surface area (Å²) in [6, 6.07) is 2.51. The van der Waals surface area contributed by atoms with E-state index < -0.39 is 17.7 Å². The lowest BCUT2D eigenvalue weighted by Crippen LogP contribution is -2.32. The zero-order chi connectivity index (χ0) is 13.0. The number of nitrogens with one attached hydrogen (secondary N) is 1. The van der Waals surface area contributed by atoms with E-state index in [9.17, 15) is 13.6 Å². The van der Waals surface area contributed by atoms with Crippen LogP contribution in [0.1, 0.15) is 31.9 Å². The predicted molar refractivity (Wildman–Crippen MR) is 61.2 cm³/mol. The summed E-state index contributed by atoms with van der Waals surface area (Å²) in [4.78, 5) is 11.4. The molecular formula is C12H16F2N2O. The Morgan fingerprint density at radius 2 is 2.06 bits per heavy atom. The molecule has 0 fully saturated rings. The van der Waals surface area contributed by atoms with E-state index >= 15 is 0 Å². The second-order valence-corrected chi connectivity index (χ2v) is 4.14. The minimum absolute atomic E-state index is 0.174. The van der Waals surface area contributed by atoms with Gasteiger partial charge in [0.1, 0.15) is 11.6 Å². The van der Waals surface area contributed by atoms with Crippen molar-refractivity contribution in [2.24, 2.45) is 5.73 Å². The third kappa shape index (κ3) is 4.11. The predicted octanol–water partition coefficient (Wildman–Crippen LogP) is 1.88. The van der Waals surface area contributed by atoms with Gasteiger partial charge in [0.2, 0.25) is 5.91 Å². The Morgan fingerprint density at radius 1 is 1.41 bits per heavy atom. The molecule has 0 bridgehead atoms. The fourth-order valence-corrected chi connectivity index (χ4v) is 1.52. The van der Waals surface area contributed by atoms with Gasteiger partial charge in [-0.2, -0.15) is 0 Å². The molecule has 2 atom stereocenters. The van der Waals surface area contributed by atoms with Gasteiger partial charge >= 0.3 is 0 Å². The van der Waals surface area contributed by atoms with Crippen molar-refractivity contribution in [1.82, 2.24) is 5.32 Å². The summed E-state index contributed by atoms with van der Waals surface area (Å²) >= 11 is 0. The minimum atomic E-state index is -0.668. The van der Waals surface area contributed by atoms with Gasteiger partial charge in [-0.15, -0.1) is 0 Å². The molecule has 1 aromatic rings. The highest BCUT2D eigenvalue weighted by atomic mass is 19.1. The zero-order valence-corrected chi connectivity index (χ0v) is 9.84. The number of amides is 1. The zero-order valence-electron chi connectivity index (χ0n) is 9.84. The van der Waals surface area contributed by atoms with Crippen LogP contribution in [0.5, 0.6) is 0 Å². The lowest BCUT2D eigenvalue weighted by molar-refractivity contribution is -0.122. The minimum Gasteiger partial charge on any atom is -0.349 e. The molecular weight excluding hydrogens is 226 g/mol. The van der Waals surface area contributed by atoms with Gasteiger partial charge in [-0.1, -0.05) is 6.07 Å². The van der Waals surface area contributed by atoms with Crippen molar-refractivity contribution in [3.05, 3.63) is 35.4 Å². The second kappa shape index (κ2) is 5.72. The number of carbonyl (C=O) groups is 1. The monoisotopic (exact) mass is 242 g/mol. The molecule has 3 N–H and O–H groups in total. The number of nitrogens with two attached hydrogens (primary N) is 1. The molecule has 0 aliphatic carbocycles. The van der Waals surface area contributed by atoms with Gasteiger partial charge < -0.3 is 11.1 Å². The van der Waals surface area contributed by atoms with Crippen LogP contribution >= 0.6 is 0 Å². The van der Waals surface area contributed by atoms with Gasteiger partial charge in [0, 0.05) is 24.1 Å². The van der Waals surface area contributed by atoms with Crippen molar-refractivity contribution in [2.75, 3.05) is 0 Å². The van der Waals surface area contributed by atoms with Gasteiger partial charge in [0.15, 0.2) is 0 Å². The molecule has 0 radical (unpaired) electrons. The van der Waals surface area contributed by atoms with Crippen molar-refractivity contribution in [3.8, 4) is 0 Å². The molecule has 17 heavy (non-hydrogen) atoms. The summed E-state index contributed by atoms with van der Waals surface area (Å²) in [6.45, 7) is 3.35. The van der Waals surface area contributed by atoms with Gasteiger partial charge in [-0.25, -0.2) is 8.78 Å². The van der Waals surface area contributed by atoms with Crippen molar-refractivity contribution < 1.29 is 13.6 Å². The van der Waals surface area contributed by atoms with E-state index in [2.05, 4.69) is 5.32 Å². The van der Waals surface area contributed by atoms with E-state index in [0.717, 1.165) is 12.1 Å². The van der Waals surface area contributed by atoms with E-state index in [-0.39, 0.29) is 23.9 Å². The first-order chi connectivity index (χ1) is 7.90. The lowest BCUT2D eigenvalue weighted by atomic mass is 10.1. The van der Waals surface area contributed by atoms with Crippen LogP contribution in [0.15, 0.2) is 18.2 Å². The van der Waals surface area contributed by atoms with Crippen molar-refractivity contribution in [3.63, 3.8) is 0 Å². The lowest BCUT2D eigenvalue weighted by Gasteiger charge is -2.15. The Balaban J connectivity index is 2.69. The quantitative estimate of drug-likeness (QED) is 0.847. The molecule has 1 rings (SSSR count). The van der Waals surface area contributed by atoms with Crippen LogP contribution in [0.2, 0.25) is 0 Å². The molecule has 94 valence electrons. The molecule has 0 aromatic heterocycles. The molecule has 3 nitrogen and oxygen atoms in total. The maximum Gasteiger partial charge on any atom is 0.222 e. The van der Waals surface area contributed by atoms with E-state index in [1.54, 1.807) is 13.8 Å². The third-order valence-electron chi connectivity index (χ3n) is 2.31. The molecule has 2 unspecified atom stereocenters. The summed E-state index contributed by atoms with van der Waals surface area (Å²) in [5.74, 6) is -1.56. The molecule has 0 heterocycles. The van der Waals surface area contributed by atoms with Crippen LogP contribution < -0.4 is 11.1 Å². The molecule has 1 amide bonds. The topological polar surface area (TPSA) is 55.1 Å². The maximum atomic E-state index is 13.4. The Kier molecular flexibility index (Phi) is 4.57. The second-order valence-electron chi connectivity index (χ2n) is 4.14. The molecule has 0 aliphatic heterocycles. The molecule has 0 aliphatic rings. The van der Waals surface area contributed by atoms with Crippen molar-refractivity contribution >= 4 is 5.91 Å². The summed E-state index contributed by atoms with van der Waals surface area (Å²) in [5.41, 5.74) is 5.73. The Morgan fingerprint density at radius 3 is 2.59 bits per heavy atom. The summed E-state index contributed by atoms with van der Waals surface area (Å²) < 4.78 is 26.1. The van der Waals surface area contributed by atoms with Crippen LogP contribution in [-0.4, -0.2) is 11.9 Å². The normalized spacial score (nSPS) is 14.2. The number of hydrogen-bond donors (Lipinski definition) is 2. The molecule has 5 heteroatoms. The summed E-state index contributed by atoms with van der Waals surface area (Å²) in [7, 11) is 0. The summed E-state index contributed by atoms with van der Waals surface area (Å²) in [5, 5.41) is 2.61. The number of halogens is 2. The number of carbonyl (C=O) groups excluding carboxylic acids is 1. The van der Waals surface area contributed by atoms with Gasteiger partial charge in [0.25, 0.3) is 0 Å². The van der Waals surface area contributed by atoms with E-state index in [1.807, 2.05) is 0 Å². The average molecular weight is 242 g/mol. The van der Waals surface area contributed by atoms with Crippen molar-refractivity contribution in [2.45, 2.75) is 32.4 Å². The first-order valence-corrected chi connectivity index (χ1v) is 5.40. The van der Waals surface area contributed by atoms with E-state index in [4.69, 9.17) is 5.73 Å². The molecule has 0 saturated heterocycles. The van der Waals surface area contributed by atoms with Crippen LogP contribution in [0, 0.1) is 11.6 Å². The van der Waals surface area contributed by atoms with E-state index in [1.165, 1.54) is 6.07 Å².